The molecule has 19 heavy (non-hydrogen) atoms. The van der Waals surface area contributed by atoms with Crippen LogP contribution in [0.1, 0.15) is 43.5 Å². The van der Waals surface area contributed by atoms with Crippen molar-refractivity contribution in [1.82, 2.24) is 5.32 Å². The molecule has 1 N–H and O–H groups in total. The van der Waals surface area contributed by atoms with Crippen molar-refractivity contribution in [2.24, 2.45) is 5.92 Å². The third-order valence-corrected chi connectivity index (χ3v) is 5.48. The van der Waals surface area contributed by atoms with E-state index in [4.69, 9.17) is 0 Å². The van der Waals surface area contributed by atoms with Crippen LogP contribution < -0.4 is 5.32 Å². The fourth-order valence-electron chi connectivity index (χ4n) is 2.69. The molecule has 1 aromatic heterocycles. The maximum absolute atomic E-state index is 13.0. The molecular weight excluding hydrogens is 339 g/mol. The first kappa shape index (κ1) is 15.3. The minimum Gasteiger partial charge on any atom is -0.306 e. The Bertz CT molecular complexity index is 418. The molecule has 1 aliphatic carbocycles. The van der Waals surface area contributed by atoms with Gasteiger partial charge in [-0.3, -0.25) is 0 Å². The number of thiophene rings is 1. The molecule has 1 fully saturated rings. The fraction of sp³-hybridized carbons (Fsp3) is 0.692. The molecule has 0 radical (unpaired) electrons. The highest BCUT2D eigenvalue weighted by molar-refractivity contribution is 9.11. The van der Waals surface area contributed by atoms with Gasteiger partial charge < -0.3 is 5.32 Å². The molecule has 0 amide bonds. The highest BCUT2D eigenvalue weighted by Gasteiger charge is 2.45. The third-order valence-electron chi connectivity index (χ3n) is 3.67. The van der Waals surface area contributed by atoms with Crippen molar-refractivity contribution in [1.29, 1.82) is 0 Å². The number of hydrogen-bond donors (Lipinski definition) is 1. The lowest BCUT2D eigenvalue weighted by Gasteiger charge is -2.35. The van der Waals surface area contributed by atoms with Gasteiger partial charge in [-0.25, -0.2) is 0 Å². The SMILES string of the molecule is CC(NC1CCCCC1C(F)(F)F)c1ccc(Br)s1. The molecule has 3 atom stereocenters. The van der Waals surface area contributed by atoms with Crippen molar-refractivity contribution in [3.05, 3.63) is 20.8 Å². The predicted octanol–water partition coefficient (Wildman–Crippen LogP) is 5.28. The van der Waals surface area contributed by atoms with Crippen molar-refractivity contribution in [3.8, 4) is 0 Å². The molecule has 1 heterocycles. The standard InChI is InChI=1S/C13H17BrF3NS/c1-8(11-6-7-12(14)19-11)18-10-5-3-2-4-9(10)13(15,16)17/h6-10,18H,2-5H2,1H3. The fourth-order valence-corrected chi connectivity index (χ4v) is 4.12. The van der Waals surface area contributed by atoms with Gasteiger partial charge in [-0.15, -0.1) is 11.3 Å². The number of nitrogens with one attached hydrogen (secondary N) is 1. The highest BCUT2D eigenvalue weighted by atomic mass is 79.9. The summed E-state index contributed by atoms with van der Waals surface area (Å²) < 4.78 is 40.0. The number of hydrogen-bond acceptors (Lipinski definition) is 2. The van der Waals surface area contributed by atoms with Crippen molar-refractivity contribution in [3.63, 3.8) is 0 Å². The molecule has 0 aromatic carbocycles. The molecule has 0 spiro atoms. The second-order valence-corrected chi connectivity index (χ2v) is 7.56. The van der Waals surface area contributed by atoms with Crippen LogP contribution in [0.4, 0.5) is 13.2 Å². The van der Waals surface area contributed by atoms with Gasteiger partial charge in [-0.05, 0) is 47.8 Å². The monoisotopic (exact) mass is 355 g/mol. The van der Waals surface area contributed by atoms with Gasteiger partial charge in [0.15, 0.2) is 0 Å². The molecule has 1 saturated carbocycles. The molecule has 108 valence electrons. The minimum absolute atomic E-state index is 0.0377. The van der Waals surface area contributed by atoms with E-state index < -0.39 is 18.1 Å². The molecule has 2 rings (SSSR count). The van der Waals surface area contributed by atoms with Crippen molar-refractivity contribution in [2.75, 3.05) is 0 Å². The zero-order chi connectivity index (χ0) is 14.0. The lowest BCUT2D eigenvalue weighted by atomic mass is 9.83. The van der Waals surface area contributed by atoms with Gasteiger partial charge in [-0.2, -0.15) is 13.2 Å². The van der Waals surface area contributed by atoms with Crippen molar-refractivity contribution < 1.29 is 13.2 Å². The number of halogens is 4. The van der Waals surface area contributed by atoms with Crippen LogP contribution in [-0.4, -0.2) is 12.2 Å². The zero-order valence-corrected chi connectivity index (χ0v) is 13.0. The summed E-state index contributed by atoms with van der Waals surface area (Å²) >= 11 is 4.95. The van der Waals surface area contributed by atoms with Crippen LogP contribution >= 0.6 is 27.3 Å². The van der Waals surface area contributed by atoms with Gasteiger partial charge >= 0.3 is 6.18 Å². The molecule has 0 bridgehead atoms. The summed E-state index contributed by atoms with van der Waals surface area (Å²) in [5.74, 6) is -1.20. The van der Waals surface area contributed by atoms with E-state index >= 15 is 0 Å². The summed E-state index contributed by atoms with van der Waals surface area (Å²) in [5, 5.41) is 3.17. The Morgan fingerprint density at radius 3 is 2.58 bits per heavy atom. The van der Waals surface area contributed by atoms with Gasteiger partial charge in [0, 0.05) is 17.0 Å². The predicted molar refractivity (Wildman–Crippen MR) is 75.4 cm³/mol. The number of alkyl halides is 3. The Morgan fingerprint density at radius 2 is 2.00 bits per heavy atom. The van der Waals surface area contributed by atoms with Crippen LogP contribution in [0.5, 0.6) is 0 Å². The summed E-state index contributed by atoms with van der Waals surface area (Å²) in [6, 6.07) is 3.40. The highest BCUT2D eigenvalue weighted by Crippen LogP contribution is 2.39. The molecule has 1 nitrogen and oxygen atoms in total. The second-order valence-electron chi connectivity index (χ2n) is 5.07. The average molecular weight is 356 g/mol. The van der Waals surface area contributed by atoms with Crippen LogP contribution in [0.2, 0.25) is 0 Å². The molecule has 6 heteroatoms. The quantitative estimate of drug-likeness (QED) is 0.777. The molecular formula is C13H17BrF3NS. The molecule has 3 unspecified atom stereocenters. The average Bonchev–Trinajstić information content (AvgIpc) is 2.75. The van der Waals surface area contributed by atoms with Crippen LogP contribution in [0.15, 0.2) is 15.9 Å². The van der Waals surface area contributed by atoms with E-state index in [-0.39, 0.29) is 12.5 Å². The van der Waals surface area contributed by atoms with E-state index in [1.165, 1.54) is 0 Å². The van der Waals surface area contributed by atoms with Crippen LogP contribution in [0, 0.1) is 5.92 Å². The number of rotatable bonds is 3. The maximum Gasteiger partial charge on any atom is 0.393 e. The van der Waals surface area contributed by atoms with Gasteiger partial charge in [0.05, 0.1) is 9.70 Å². The second kappa shape index (κ2) is 6.14. The zero-order valence-electron chi connectivity index (χ0n) is 10.6. The van der Waals surface area contributed by atoms with E-state index in [1.54, 1.807) is 11.3 Å². The summed E-state index contributed by atoms with van der Waals surface area (Å²) in [6.07, 6.45) is -1.66. The van der Waals surface area contributed by atoms with E-state index in [1.807, 2.05) is 19.1 Å². The van der Waals surface area contributed by atoms with Crippen molar-refractivity contribution in [2.45, 2.75) is 50.9 Å². The Morgan fingerprint density at radius 1 is 1.32 bits per heavy atom. The van der Waals surface area contributed by atoms with E-state index in [0.29, 0.717) is 12.8 Å². The summed E-state index contributed by atoms with van der Waals surface area (Å²) in [6.45, 7) is 1.93. The molecule has 1 aromatic rings. The van der Waals surface area contributed by atoms with Crippen LogP contribution in [0.3, 0.4) is 0 Å². The summed E-state index contributed by atoms with van der Waals surface area (Å²) in [7, 11) is 0. The molecule has 0 aliphatic heterocycles. The first-order valence-electron chi connectivity index (χ1n) is 6.46. The maximum atomic E-state index is 13.0. The van der Waals surface area contributed by atoms with E-state index in [0.717, 1.165) is 15.1 Å². The van der Waals surface area contributed by atoms with Crippen LogP contribution in [0.25, 0.3) is 0 Å². The normalized spacial score (nSPS) is 26.4. The lowest BCUT2D eigenvalue weighted by molar-refractivity contribution is -0.189. The molecule has 0 saturated heterocycles. The van der Waals surface area contributed by atoms with Gasteiger partial charge in [0.25, 0.3) is 0 Å². The van der Waals surface area contributed by atoms with E-state index in [9.17, 15) is 13.2 Å². The third kappa shape index (κ3) is 3.95. The Labute approximate surface area is 123 Å². The van der Waals surface area contributed by atoms with E-state index in [2.05, 4.69) is 21.2 Å². The topological polar surface area (TPSA) is 12.0 Å². The van der Waals surface area contributed by atoms with Gasteiger partial charge in [-0.1, -0.05) is 12.8 Å². The Hall–Kier alpha value is -0.0700. The van der Waals surface area contributed by atoms with Crippen molar-refractivity contribution >= 4 is 27.3 Å². The Kier molecular flexibility index (Phi) is 4.95. The smallest absolute Gasteiger partial charge is 0.306 e. The first-order chi connectivity index (χ1) is 8.88. The summed E-state index contributed by atoms with van der Waals surface area (Å²) in [5.41, 5.74) is 0. The van der Waals surface area contributed by atoms with Crippen LogP contribution in [-0.2, 0) is 0 Å². The van der Waals surface area contributed by atoms with Gasteiger partial charge in [0.2, 0.25) is 0 Å². The Balaban J connectivity index is 2.03. The minimum atomic E-state index is -4.09. The lowest BCUT2D eigenvalue weighted by Crippen LogP contribution is -2.46. The molecule has 1 aliphatic rings. The summed E-state index contributed by atoms with van der Waals surface area (Å²) in [4.78, 5) is 1.07. The largest absolute Gasteiger partial charge is 0.393 e. The van der Waals surface area contributed by atoms with Gasteiger partial charge in [0.1, 0.15) is 0 Å². The first-order valence-corrected chi connectivity index (χ1v) is 8.07.